The fourth-order valence-corrected chi connectivity index (χ4v) is 2.37. The molecule has 2 rings (SSSR count). The number of rotatable bonds is 4. The molecule has 1 aromatic carbocycles. The minimum Gasteiger partial charge on any atom is -0.370 e. The highest BCUT2D eigenvalue weighted by Gasteiger charge is 2.06. The fourth-order valence-electron chi connectivity index (χ4n) is 2.37. The molecule has 0 aliphatic heterocycles. The first-order chi connectivity index (χ1) is 8.97. The Labute approximate surface area is 111 Å². The second-order valence-corrected chi connectivity index (χ2v) is 4.99. The summed E-state index contributed by atoms with van der Waals surface area (Å²) < 4.78 is 0. The third kappa shape index (κ3) is 3.02. The van der Waals surface area contributed by atoms with Crippen LogP contribution in [-0.4, -0.2) is 10.9 Å². The van der Waals surface area contributed by atoms with Gasteiger partial charge in [-0.15, -0.1) is 0 Å². The number of hydrogen-bond acceptors (Lipinski definition) is 2. The molecule has 0 bridgehead atoms. The zero-order chi connectivity index (χ0) is 14.0. The highest BCUT2D eigenvalue weighted by molar-refractivity contribution is 5.82. The van der Waals surface area contributed by atoms with Crippen molar-refractivity contribution in [1.29, 1.82) is 0 Å². The molecule has 100 valence electrons. The first kappa shape index (κ1) is 13.3. The molecule has 0 unspecified atom stereocenters. The quantitative estimate of drug-likeness (QED) is 0.879. The molecule has 1 aromatic heterocycles. The molecule has 0 saturated heterocycles. The highest BCUT2D eigenvalue weighted by atomic mass is 16.1. The lowest BCUT2D eigenvalue weighted by molar-refractivity contribution is -0.118. The van der Waals surface area contributed by atoms with Crippen LogP contribution in [0.3, 0.4) is 0 Å². The number of fused-ring (bicyclic) bond motifs is 1. The van der Waals surface area contributed by atoms with Crippen LogP contribution < -0.4 is 11.3 Å². The molecular weight excluding hydrogens is 240 g/mol. The Morgan fingerprint density at radius 3 is 2.68 bits per heavy atom. The number of aryl methyl sites for hydroxylation is 3. The highest BCUT2D eigenvalue weighted by Crippen LogP contribution is 2.18. The first-order valence-corrected chi connectivity index (χ1v) is 6.39. The lowest BCUT2D eigenvalue weighted by Crippen LogP contribution is -2.15. The number of benzene rings is 1. The van der Waals surface area contributed by atoms with E-state index >= 15 is 0 Å². The monoisotopic (exact) mass is 258 g/mol. The normalized spacial score (nSPS) is 10.8. The van der Waals surface area contributed by atoms with E-state index in [0.29, 0.717) is 24.8 Å². The molecule has 19 heavy (non-hydrogen) atoms. The van der Waals surface area contributed by atoms with Crippen LogP contribution in [0.2, 0.25) is 0 Å². The van der Waals surface area contributed by atoms with E-state index in [1.807, 2.05) is 26.0 Å². The van der Waals surface area contributed by atoms with Crippen LogP contribution in [0, 0.1) is 13.8 Å². The molecule has 0 saturated carbocycles. The number of H-pyrrole nitrogens is 1. The van der Waals surface area contributed by atoms with E-state index in [1.54, 1.807) is 0 Å². The number of aromatic nitrogens is 1. The van der Waals surface area contributed by atoms with Gasteiger partial charge in [-0.3, -0.25) is 9.59 Å². The summed E-state index contributed by atoms with van der Waals surface area (Å²) in [5.41, 5.74) is 8.84. The maximum atomic E-state index is 12.0. The van der Waals surface area contributed by atoms with Gasteiger partial charge in [0.2, 0.25) is 5.91 Å². The molecule has 4 heteroatoms. The van der Waals surface area contributed by atoms with E-state index in [1.165, 1.54) is 5.56 Å². The zero-order valence-electron chi connectivity index (χ0n) is 11.2. The summed E-state index contributed by atoms with van der Waals surface area (Å²) in [6, 6.07) is 6.01. The molecule has 2 aromatic rings. The van der Waals surface area contributed by atoms with Crippen molar-refractivity contribution in [2.45, 2.75) is 33.1 Å². The van der Waals surface area contributed by atoms with Gasteiger partial charge in [0.25, 0.3) is 5.56 Å². The van der Waals surface area contributed by atoms with Gasteiger partial charge in [0.05, 0.1) is 5.52 Å². The van der Waals surface area contributed by atoms with Crippen molar-refractivity contribution in [3.05, 3.63) is 45.2 Å². The summed E-state index contributed by atoms with van der Waals surface area (Å²) in [5, 5.41) is 1.03. The van der Waals surface area contributed by atoms with E-state index < -0.39 is 0 Å². The second-order valence-electron chi connectivity index (χ2n) is 4.99. The van der Waals surface area contributed by atoms with Crippen LogP contribution in [0.15, 0.2) is 23.0 Å². The summed E-state index contributed by atoms with van der Waals surface area (Å²) in [6.07, 6.45) is 1.49. The Morgan fingerprint density at radius 1 is 1.26 bits per heavy atom. The summed E-state index contributed by atoms with van der Waals surface area (Å²) >= 11 is 0. The number of amides is 1. The maximum absolute atomic E-state index is 12.0. The van der Waals surface area contributed by atoms with Gasteiger partial charge >= 0.3 is 0 Å². The maximum Gasteiger partial charge on any atom is 0.251 e. The zero-order valence-corrected chi connectivity index (χ0v) is 11.2. The van der Waals surface area contributed by atoms with Gasteiger partial charge in [-0.2, -0.15) is 0 Å². The van der Waals surface area contributed by atoms with Crippen molar-refractivity contribution in [2.24, 2.45) is 5.73 Å². The van der Waals surface area contributed by atoms with Crippen LogP contribution in [0.1, 0.15) is 29.5 Å². The van der Waals surface area contributed by atoms with E-state index in [9.17, 15) is 9.59 Å². The van der Waals surface area contributed by atoms with Crippen LogP contribution in [0.4, 0.5) is 0 Å². The number of pyridine rings is 1. The molecule has 0 radical (unpaired) electrons. The SMILES string of the molecule is Cc1cc(C)c2[nH]c(=O)c(CCCC(N)=O)cc2c1. The predicted molar refractivity (Wildman–Crippen MR) is 76.2 cm³/mol. The van der Waals surface area contributed by atoms with Gasteiger partial charge in [-0.05, 0) is 49.8 Å². The van der Waals surface area contributed by atoms with Crippen LogP contribution in [0.25, 0.3) is 10.9 Å². The average Bonchev–Trinajstić information content (AvgIpc) is 2.30. The van der Waals surface area contributed by atoms with Gasteiger partial charge in [0.1, 0.15) is 0 Å². The predicted octanol–water partition coefficient (Wildman–Crippen LogP) is 1.95. The average molecular weight is 258 g/mol. The van der Waals surface area contributed by atoms with Gasteiger partial charge in [0, 0.05) is 12.0 Å². The Balaban J connectivity index is 2.38. The number of hydrogen-bond donors (Lipinski definition) is 2. The van der Waals surface area contributed by atoms with Crippen molar-refractivity contribution < 1.29 is 4.79 Å². The standard InChI is InChI=1S/C15H18N2O2/c1-9-6-10(2)14-12(7-9)8-11(15(19)17-14)4-3-5-13(16)18/h6-8H,3-5H2,1-2H3,(H2,16,18)(H,17,19). The topological polar surface area (TPSA) is 75.9 Å². The minimum absolute atomic E-state index is 0.0797. The third-order valence-corrected chi connectivity index (χ3v) is 3.24. The Bertz CT molecular complexity index is 686. The van der Waals surface area contributed by atoms with Crippen LogP contribution >= 0.6 is 0 Å². The molecule has 3 N–H and O–H groups in total. The van der Waals surface area contributed by atoms with Crippen LogP contribution in [-0.2, 0) is 11.2 Å². The number of nitrogens with one attached hydrogen (secondary N) is 1. The van der Waals surface area contributed by atoms with Crippen LogP contribution in [0.5, 0.6) is 0 Å². The van der Waals surface area contributed by atoms with Crippen molar-refractivity contribution in [3.8, 4) is 0 Å². The molecule has 0 fully saturated rings. The van der Waals surface area contributed by atoms with Gasteiger partial charge in [-0.25, -0.2) is 0 Å². The molecule has 0 spiro atoms. The molecule has 0 atom stereocenters. The molecule has 0 aliphatic rings. The molecule has 0 aliphatic carbocycles. The van der Waals surface area contributed by atoms with Gasteiger partial charge < -0.3 is 10.7 Å². The molecular formula is C15H18N2O2. The summed E-state index contributed by atoms with van der Waals surface area (Å²) in [4.78, 5) is 25.6. The van der Waals surface area contributed by atoms with Crippen molar-refractivity contribution in [3.63, 3.8) is 0 Å². The van der Waals surface area contributed by atoms with Gasteiger partial charge in [0.15, 0.2) is 0 Å². The lowest BCUT2D eigenvalue weighted by atomic mass is 10.0. The van der Waals surface area contributed by atoms with Gasteiger partial charge in [-0.1, -0.05) is 11.6 Å². The van der Waals surface area contributed by atoms with Crippen molar-refractivity contribution in [2.75, 3.05) is 0 Å². The Hall–Kier alpha value is -2.10. The third-order valence-electron chi connectivity index (χ3n) is 3.24. The number of primary amides is 1. The van der Waals surface area contributed by atoms with E-state index in [0.717, 1.165) is 16.5 Å². The number of nitrogens with two attached hydrogens (primary N) is 1. The first-order valence-electron chi connectivity index (χ1n) is 6.39. The second kappa shape index (κ2) is 5.26. The summed E-state index contributed by atoms with van der Waals surface area (Å²) in [5.74, 6) is -0.330. The molecule has 1 amide bonds. The number of aromatic amines is 1. The lowest BCUT2D eigenvalue weighted by Gasteiger charge is -2.06. The Morgan fingerprint density at radius 2 is 2.00 bits per heavy atom. The van der Waals surface area contributed by atoms with Crippen molar-refractivity contribution >= 4 is 16.8 Å². The number of carbonyl (C=O) groups excluding carboxylic acids is 1. The molecule has 1 heterocycles. The fraction of sp³-hybridized carbons (Fsp3) is 0.333. The smallest absolute Gasteiger partial charge is 0.251 e. The minimum atomic E-state index is -0.330. The van der Waals surface area contributed by atoms with Crippen molar-refractivity contribution in [1.82, 2.24) is 4.98 Å². The summed E-state index contributed by atoms with van der Waals surface area (Å²) in [7, 11) is 0. The summed E-state index contributed by atoms with van der Waals surface area (Å²) in [6.45, 7) is 4.02. The number of carbonyl (C=O) groups is 1. The van der Waals surface area contributed by atoms with E-state index in [2.05, 4.69) is 11.1 Å². The van der Waals surface area contributed by atoms with E-state index in [-0.39, 0.29) is 11.5 Å². The van der Waals surface area contributed by atoms with E-state index in [4.69, 9.17) is 5.73 Å². The largest absolute Gasteiger partial charge is 0.370 e. The Kier molecular flexibility index (Phi) is 3.69. The molecule has 4 nitrogen and oxygen atoms in total.